The van der Waals surface area contributed by atoms with Gasteiger partial charge in [-0.25, -0.2) is 4.98 Å². The minimum Gasteiger partial charge on any atom is -0.693 e. The molecule has 0 atom stereocenters. The van der Waals surface area contributed by atoms with Gasteiger partial charge in [0.1, 0.15) is 0 Å². The van der Waals surface area contributed by atoms with Crippen LogP contribution in [0.25, 0.3) is 67.9 Å². The zero-order valence-corrected chi connectivity index (χ0v) is 72.8. The molecule has 3 aromatic carbocycles. The fourth-order valence-corrected chi connectivity index (χ4v) is 4.40. The maximum atomic E-state index is 7.62. The SMILES string of the molecule is C.CCC.CCC.CCC.CCC.CCC#N.CCC#N.CCC#N.CCC#N.CN(C)CCN(C)C.CNCCNc1c2ccccc2nc2ccccc12.CNCCNc1ccnc2ccccc12.Cl.Cl.Cl.[Cl][Pt].[Cl][Pt].[Cl][Pt].[Cl][Pt].[NH-]CCC[NH-].[NH-]CC[NH-].[NH2-].[NH2-]. The third-order valence-electron chi connectivity index (χ3n) is 7.71. The summed E-state index contributed by atoms with van der Waals surface area (Å²) in [6.07, 6.45) is 10.1. The van der Waals surface area contributed by atoms with Crippen LogP contribution in [0.5, 0.6) is 0 Å². The van der Waals surface area contributed by atoms with Crippen LogP contribution in [0.4, 0.5) is 11.4 Å². The molecule has 2 aromatic heterocycles. The average Bonchev–Trinajstić information content (AvgIpc) is 0.874. The molecule has 5 aromatic rings. The molecule has 0 fully saturated rings. The Bertz CT molecular complexity index is 2030. The maximum absolute atomic E-state index is 7.62. The summed E-state index contributed by atoms with van der Waals surface area (Å²) >= 11 is 6.44. The van der Waals surface area contributed by atoms with E-state index < -0.39 is 0 Å². The predicted octanol–water partition coefficient (Wildman–Crippen LogP) is 23.0. The second-order valence-electron chi connectivity index (χ2n) is 16.8. The van der Waals surface area contributed by atoms with Crippen molar-refractivity contribution >= 4 is 119 Å². The molecule has 0 bridgehead atoms. The number of nitriles is 4. The number of nitrogens with zero attached hydrogens (tertiary/aromatic N) is 8. The molecular formula is C64H125Cl7N18Pt4-6. The van der Waals surface area contributed by atoms with Crippen LogP contribution in [-0.2, 0) is 75.1 Å². The van der Waals surface area contributed by atoms with Crippen molar-refractivity contribution in [3.8, 4) is 24.3 Å². The number of likely N-dealkylation sites (N-methyl/N-ethyl adjacent to an activating group) is 4. The first-order valence-electron chi connectivity index (χ1n) is 28.8. The molecule has 0 saturated carbocycles. The first kappa shape index (κ1) is 139. The van der Waals surface area contributed by atoms with E-state index in [1.165, 1.54) is 47.5 Å². The van der Waals surface area contributed by atoms with E-state index in [1.807, 2.05) is 109 Å². The second kappa shape index (κ2) is 142. The van der Waals surface area contributed by atoms with Crippen molar-refractivity contribution in [2.45, 2.75) is 148 Å². The smallest absolute Gasteiger partial charge is 0.0916 e. The third-order valence-corrected chi connectivity index (χ3v) is 7.71. The summed E-state index contributed by atoms with van der Waals surface area (Å²) in [5, 5.41) is 47.2. The number of aromatic nitrogens is 2. The number of hydrogen-bond acceptors (Lipinski definition) is 12. The Balaban J connectivity index is -0.0000000430. The Labute approximate surface area is 650 Å². The van der Waals surface area contributed by atoms with Crippen molar-refractivity contribution in [2.75, 3.05) is 118 Å². The Morgan fingerprint density at radius 1 is 0.430 bits per heavy atom. The summed E-state index contributed by atoms with van der Waals surface area (Å²) in [4.78, 5) is 13.4. The van der Waals surface area contributed by atoms with E-state index in [0.717, 1.165) is 67.9 Å². The van der Waals surface area contributed by atoms with Crippen LogP contribution in [0, 0.1) is 45.3 Å². The molecule has 0 aliphatic rings. The van der Waals surface area contributed by atoms with Gasteiger partial charge in [-0.3, -0.25) is 4.98 Å². The molecule has 0 aliphatic heterocycles. The summed E-state index contributed by atoms with van der Waals surface area (Å²) in [5.41, 5.74) is 30.9. The van der Waals surface area contributed by atoms with Crippen molar-refractivity contribution in [2.24, 2.45) is 0 Å². The van der Waals surface area contributed by atoms with E-state index in [9.17, 15) is 0 Å². The molecule has 566 valence electrons. The molecule has 0 radical (unpaired) electrons. The Hall–Kier alpha value is -1.32. The van der Waals surface area contributed by atoms with Crippen LogP contribution >= 0.6 is 74.9 Å². The quantitative estimate of drug-likeness (QED) is 0.0595. The Morgan fingerprint density at radius 3 is 0.925 bits per heavy atom. The molecule has 0 spiro atoms. The van der Waals surface area contributed by atoms with E-state index >= 15 is 0 Å². The molecule has 93 heavy (non-hydrogen) atoms. The topological polar surface area (TPSA) is 338 Å². The van der Waals surface area contributed by atoms with E-state index in [2.05, 4.69) is 200 Å². The van der Waals surface area contributed by atoms with Gasteiger partial charge in [0.25, 0.3) is 0 Å². The van der Waals surface area contributed by atoms with Crippen molar-refractivity contribution in [3.05, 3.63) is 120 Å². The molecule has 0 aliphatic carbocycles. The van der Waals surface area contributed by atoms with Gasteiger partial charge < -0.3 is 66.3 Å². The fraction of sp³-hybridized carbons (Fsp3) is 0.594. The van der Waals surface area contributed by atoms with E-state index in [0.29, 0.717) is 38.8 Å². The van der Waals surface area contributed by atoms with Crippen LogP contribution < -0.4 is 21.3 Å². The van der Waals surface area contributed by atoms with Crippen LogP contribution in [0.3, 0.4) is 0 Å². The number of anilines is 2. The summed E-state index contributed by atoms with van der Waals surface area (Å²) in [7, 11) is 30.7. The van der Waals surface area contributed by atoms with Crippen LogP contribution in [0.15, 0.2) is 85.1 Å². The zero-order chi connectivity index (χ0) is 70.2. The van der Waals surface area contributed by atoms with Gasteiger partial charge in [0.2, 0.25) is 0 Å². The standard InChI is InChI=1S/C16H17N3.C12H15N3.C6H16N2.C3H8N2.4C3H5N.4C3H8.C2H6N2.CH4.7ClH.2H2N.4Pt/c1-17-10-11-18-16-12-6-2-4-8-14(12)19-15-9-5-3-7-13(15)16;1-13-8-9-15-12-6-7-14-11-5-3-2-4-10(11)12;1-7(2)5-6-8(3)4;4-2-1-3-5;4*1-2-3-4;4*1-3-2;3-1-2-4;;;;;;;;;;;;;;/h2-9,17H,10-11H2,1H3,(H,18,19);2-7,13H,8-9H2,1H3,(H,14,15);5-6H2,1-4H3;4-5H,1-3H2;4*2H2,1H3;4*3H2,1-2H3;3-4H,1-2H2;1H4;7*1H;2*1H2;;;;/q;;;-2;;;;;;;;;-2;;;;;;;;;2*-1;4*+1/p-4. The Kier molecular flexibility index (Phi) is 212. The number of nitrogens with one attached hydrogen (secondary N) is 8. The van der Waals surface area contributed by atoms with Crippen LogP contribution in [0.1, 0.15) is 148 Å². The molecule has 0 saturated heterocycles. The molecule has 18 nitrogen and oxygen atoms in total. The van der Waals surface area contributed by atoms with Gasteiger partial charge in [-0.1, -0.05) is 177 Å². The summed E-state index contributed by atoms with van der Waals surface area (Å²) in [6.45, 7) is 31.6. The summed E-state index contributed by atoms with van der Waals surface area (Å²) < 4.78 is 0. The number of rotatable bonds is 14. The molecule has 5 rings (SSSR count). The minimum absolute atomic E-state index is 0. The predicted molar refractivity (Wildman–Crippen MR) is 414 cm³/mol. The fourth-order valence-electron chi connectivity index (χ4n) is 4.40. The minimum atomic E-state index is 0. The van der Waals surface area contributed by atoms with E-state index in [1.54, 1.807) is 75.1 Å². The molecule has 2 heterocycles. The first-order valence-corrected chi connectivity index (χ1v) is 40.1. The third kappa shape index (κ3) is 125. The van der Waals surface area contributed by atoms with E-state index in [4.69, 9.17) is 49.0 Å². The van der Waals surface area contributed by atoms with Gasteiger partial charge in [0.05, 0.1) is 46.5 Å². The maximum Gasteiger partial charge on any atom is -0.0916 e. The number of nitrogens with two attached hydrogens (primary N) is 2. The van der Waals surface area contributed by atoms with Crippen molar-refractivity contribution in [1.29, 1.82) is 21.0 Å². The number of hydrogen-bond donors (Lipinski definition) is 4. The van der Waals surface area contributed by atoms with Gasteiger partial charge in [0, 0.05) is 93.0 Å². The van der Waals surface area contributed by atoms with Crippen LogP contribution in [-0.4, -0.2) is 128 Å². The number of para-hydroxylation sites is 3. The van der Waals surface area contributed by atoms with Gasteiger partial charge >= 0.3 is 113 Å². The van der Waals surface area contributed by atoms with Crippen LogP contribution in [0.2, 0.25) is 0 Å². The number of benzene rings is 3. The molecular weight excluding hydrogens is 2050 g/mol. The van der Waals surface area contributed by atoms with Gasteiger partial charge in [-0.05, 0) is 66.6 Å². The summed E-state index contributed by atoms with van der Waals surface area (Å²) in [6, 6.07) is 34.4. The van der Waals surface area contributed by atoms with Gasteiger partial charge in [-0.2, -0.15) is 47.2 Å². The van der Waals surface area contributed by atoms with E-state index in [-0.39, 0.29) is 70.0 Å². The number of pyridine rings is 2. The Morgan fingerprint density at radius 2 is 0.688 bits per heavy atom. The average molecular weight is 2180 g/mol. The molecule has 12 N–H and O–H groups in total. The van der Waals surface area contributed by atoms with Crippen molar-refractivity contribution < 1.29 is 75.1 Å². The molecule has 0 unspecified atom stereocenters. The van der Waals surface area contributed by atoms with Gasteiger partial charge in [0.15, 0.2) is 0 Å². The summed E-state index contributed by atoms with van der Waals surface area (Å²) in [5.74, 6) is 0. The second-order valence-corrected chi connectivity index (χ2v) is 16.8. The normalized spacial score (nSPS) is 7.61. The number of halogens is 7. The largest absolute Gasteiger partial charge is 0.693 e. The first-order chi connectivity index (χ1) is 42.1. The monoisotopic (exact) mass is 2170 g/mol. The molecule has 0 amide bonds. The van der Waals surface area contributed by atoms with Crippen molar-refractivity contribution in [1.82, 2.24) is 30.4 Å². The van der Waals surface area contributed by atoms with Crippen molar-refractivity contribution in [3.63, 3.8) is 0 Å². The number of fused-ring (bicyclic) bond motifs is 3. The molecule has 29 heteroatoms. The zero-order valence-electron chi connectivity index (χ0n) is 58.3. The van der Waals surface area contributed by atoms with Gasteiger partial charge in [-0.15, -0.1) is 37.2 Å².